The molecule has 120 valence electrons. The van der Waals surface area contributed by atoms with Gasteiger partial charge in [-0.25, -0.2) is 0 Å². The fourth-order valence-electron chi connectivity index (χ4n) is 2.10. The van der Waals surface area contributed by atoms with Crippen LogP contribution >= 0.6 is 0 Å². The molecule has 0 aliphatic heterocycles. The third kappa shape index (κ3) is 3.90. The average molecular weight is 306 g/mol. The average Bonchev–Trinajstić information content (AvgIpc) is 2.48. The van der Waals surface area contributed by atoms with Crippen LogP contribution in [0.2, 0.25) is 0 Å². The van der Waals surface area contributed by atoms with Gasteiger partial charge in [-0.1, -0.05) is 13.3 Å². The molecule has 0 saturated heterocycles. The van der Waals surface area contributed by atoms with Gasteiger partial charge in [-0.3, -0.25) is 20.4 Å². The van der Waals surface area contributed by atoms with E-state index in [0.717, 1.165) is 25.7 Å². The van der Waals surface area contributed by atoms with Crippen LogP contribution in [0.15, 0.2) is 18.2 Å². The second-order valence-corrected chi connectivity index (χ2v) is 5.29. The summed E-state index contributed by atoms with van der Waals surface area (Å²) in [6, 6.07) is 4.92. The molecule has 2 rings (SSSR count). The highest BCUT2D eigenvalue weighted by molar-refractivity contribution is 5.96. The summed E-state index contributed by atoms with van der Waals surface area (Å²) in [5.41, 5.74) is 5.28. The number of hydrazine groups is 1. The van der Waals surface area contributed by atoms with Crippen LogP contribution in [0.25, 0.3) is 0 Å². The SMILES string of the molecule is CCCOc1ccc(C(=O)NNC(=O)C2CCC2)cc1OC. The standard InChI is InChI=1S/C16H22N2O4/c1-3-9-22-13-8-7-12(10-14(13)21-2)16(20)18-17-15(19)11-5-4-6-11/h7-8,10-11H,3-6,9H2,1-2H3,(H,17,19)(H,18,20). The van der Waals surface area contributed by atoms with Crippen molar-refractivity contribution in [1.29, 1.82) is 0 Å². The molecule has 1 aromatic carbocycles. The normalized spacial score (nSPS) is 13.9. The number of carbonyl (C=O) groups is 2. The third-order valence-electron chi connectivity index (χ3n) is 3.66. The molecule has 0 aromatic heterocycles. The van der Waals surface area contributed by atoms with E-state index in [4.69, 9.17) is 9.47 Å². The molecule has 6 heteroatoms. The lowest BCUT2D eigenvalue weighted by molar-refractivity contribution is -0.128. The molecule has 2 amide bonds. The molecule has 0 atom stereocenters. The van der Waals surface area contributed by atoms with E-state index in [0.29, 0.717) is 23.7 Å². The molecular formula is C16H22N2O4. The highest BCUT2D eigenvalue weighted by Crippen LogP contribution is 2.28. The molecule has 0 bridgehead atoms. The second kappa shape index (κ2) is 7.68. The van der Waals surface area contributed by atoms with Crippen molar-refractivity contribution in [2.75, 3.05) is 13.7 Å². The first kappa shape index (κ1) is 16.1. The fraction of sp³-hybridized carbons (Fsp3) is 0.500. The second-order valence-electron chi connectivity index (χ2n) is 5.29. The van der Waals surface area contributed by atoms with E-state index in [-0.39, 0.29) is 17.7 Å². The number of hydrogen-bond donors (Lipinski definition) is 2. The van der Waals surface area contributed by atoms with Crippen LogP contribution in [-0.2, 0) is 4.79 Å². The summed E-state index contributed by atoms with van der Waals surface area (Å²) in [5, 5.41) is 0. The van der Waals surface area contributed by atoms with E-state index in [2.05, 4.69) is 10.9 Å². The predicted octanol–water partition coefficient (Wildman–Crippen LogP) is 2.05. The fourth-order valence-corrected chi connectivity index (χ4v) is 2.10. The molecule has 0 unspecified atom stereocenters. The van der Waals surface area contributed by atoms with Crippen LogP contribution in [-0.4, -0.2) is 25.5 Å². The summed E-state index contributed by atoms with van der Waals surface area (Å²) in [5.74, 6) is 0.605. The minimum Gasteiger partial charge on any atom is -0.493 e. The molecule has 2 N–H and O–H groups in total. The van der Waals surface area contributed by atoms with Gasteiger partial charge in [-0.2, -0.15) is 0 Å². The van der Waals surface area contributed by atoms with Gasteiger partial charge in [0.15, 0.2) is 11.5 Å². The van der Waals surface area contributed by atoms with E-state index in [1.165, 1.54) is 7.11 Å². The quantitative estimate of drug-likeness (QED) is 0.789. The maximum Gasteiger partial charge on any atom is 0.269 e. The third-order valence-corrected chi connectivity index (χ3v) is 3.66. The van der Waals surface area contributed by atoms with Crippen molar-refractivity contribution in [2.45, 2.75) is 32.6 Å². The number of amides is 2. The van der Waals surface area contributed by atoms with Crippen LogP contribution in [0.5, 0.6) is 11.5 Å². The van der Waals surface area contributed by atoms with Crippen LogP contribution < -0.4 is 20.3 Å². The molecule has 1 fully saturated rings. The van der Waals surface area contributed by atoms with Crippen molar-refractivity contribution in [3.8, 4) is 11.5 Å². The Morgan fingerprint density at radius 1 is 1.23 bits per heavy atom. The molecular weight excluding hydrogens is 284 g/mol. The van der Waals surface area contributed by atoms with Crippen LogP contribution in [0.3, 0.4) is 0 Å². The van der Waals surface area contributed by atoms with Crippen LogP contribution in [0.1, 0.15) is 43.0 Å². The van der Waals surface area contributed by atoms with Gasteiger partial charge in [-0.05, 0) is 37.5 Å². The predicted molar refractivity (Wildman–Crippen MR) is 81.7 cm³/mol. The van der Waals surface area contributed by atoms with Crippen molar-refractivity contribution < 1.29 is 19.1 Å². The van der Waals surface area contributed by atoms with E-state index in [9.17, 15) is 9.59 Å². The number of ether oxygens (including phenoxy) is 2. The lowest BCUT2D eigenvalue weighted by atomic mass is 9.85. The summed E-state index contributed by atoms with van der Waals surface area (Å²) in [7, 11) is 1.52. The summed E-state index contributed by atoms with van der Waals surface area (Å²) in [6.45, 7) is 2.60. The molecule has 6 nitrogen and oxygen atoms in total. The minimum absolute atomic E-state index is 0.0275. The number of carbonyl (C=O) groups excluding carboxylic acids is 2. The topological polar surface area (TPSA) is 76.7 Å². The molecule has 1 aromatic rings. The maximum atomic E-state index is 12.0. The lowest BCUT2D eigenvalue weighted by Crippen LogP contribution is -2.46. The van der Waals surface area contributed by atoms with Gasteiger partial charge in [0, 0.05) is 11.5 Å². The molecule has 22 heavy (non-hydrogen) atoms. The van der Waals surface area contributed by atoms with E-state index >= 15 is 0 Å². The smallest absolute Gasteiger partial charge is 0.269 e. The summed E-state index contributed by atoms with van der Waals surface area (Å²) in [4.78, 5) is 23.7. The number of benzene rings is 1. The van der Waals surface area contributed by atoms with E-state index < -0.39 is 0 Å². The monoisotopic (exact) mass is 306 g/mol. The Balaban J connectivity index is 1.95. The summed E-state index contributed by atoms with van der Waals surface area (Å²) in [6.07, 6.45) is 3.74. The van der Waals surface area contributed by atoms with Gasteiger partial charge in [0.25, 0.3) is 5.91 Å². The van der Waals surface area contributed by atoms with Crippen molar-refractivity contribution in [3.05, 3.63) is 23.8 Å². The number of rotatable bonds is 6. The Hall–Kier alpha value is -2.24. The Labute approximate surface area is 130 Å². The minimum atomic E-state index is -0.381. The number of methoxy groups -OCH3 is 1. The maximum absolute atomic E-state index is 12.0. The van der Waals surface area contributed by atoms with Crippen molar-refractivity contribution in [2.24, 2.45) is 5.92 Å². The molecule has 1 saturated carbocycles. The highest BCUT2D eigenvalue weighted by atomic mass is 16.5. The first-order valence-corrected chi connectivity index (χ1v) is 7.56. The van der Waals surface area contributed by atoms with Gasteiger partial charge >= 0.3 is 0 Å². The Kier molecular flexibility index (Phi) is 5.63. The van der Waals surface area contributed by atoms with Crippen molar-refractivity contribution >= 4 is 11.8 Å². The zero-order chi connectivity index (χ0) is 15.9. The Morgan fingerprint density at radius 2 is 2.00 bits per heavy atom. The van der Waals surface area contributed by atoms with Gasteiger partial charge < -0.3 is 9.47 Å². The zero-order valence-corrected chi connectivity index (χ0v) is 13.0. The lowest BCUT2D eigenvalue weighted by Gasteiger charge is -2.24. The summed E-state index contributed by atoms with van der Waals surface area (Å²) < 4.78 is 10.8. The van der Waals surface area contributed by atoms with Gasteiger partial charge in [-0.15, -0.1) is 0 Å². The van der Waals surface area contributed by atoms with Crippen LogP contribution in [0, 0.1) is 5.92 Å². The molecule has 0 radical (unpaired) electrons. The van der Waals surface area contributed by atoms with Crippen molar-refractivity contribution in [1.82, 2.24) is 10.9 Å². The van der Waals surface area contributed by atoms with E-state index in [1.807, 2.05) is 6.92 Å². The first-order chi connectivity index (χ1) is 10.7. The van der Waals surface area contributed by atoms with E-state index in [1.54, 1.807) is 18.2 Å². The molecule has 1 aliphatic rings. The number of hydrogen-bond acceptors (Lipinski definition) is 4. The van der Waals surface area contributed by atoms with Crippen molar-refractivity contribution in [3.63, 3.8) is 0 Å². The zero-order valence-electron chi connectivity index (χ0n) is 13.0. The summed E-state index contributed by atoms with van der Waals surface area (Å²) >= 11 is 0. The van der Waals surface area contributed by atoms with Gasteiger partial charge in [0.2, 0.25) is 5.91 Å². The van der Waals surface area contributed by atoms with Crippen LogP contribution in [0.4, 0.5) is 0 Å². The Bertz CT molecular complexity index is 541. The molecule has 0 spiro atoms. The Morgan fingerprint density at radius 3 is 2.59 bits per heavy atom. The molecule has 1 aliphatic carbocycles. The first-order valence-electron chi connectivity index (χ1n) is 7.56. The number of nitrogens with one attached hydrogen (secondary N) is 2. The molecule has 0 heterocycles. The highest BCUT2D eigenvalue weighted by Gasteiger charge is 2.25. The largest absolute Gasteiger partial charge is 0.493 e. The van der Waals surface area contributed by atoms with Gasteiger partial charge in [0.1, 0.15) is 0 Å². The van der Waals surface area contributed by atoms with Gasteiger partial charge in [0.05, 0.1) is 13.7 Å².